The van der Waals surface area contributed by atoms with Gasteiger partial charge in [0, 0.05) is 70.0 Å². The van der Waals surface area contributed by atoms with E-state index in [4.69, 9.17) is 0 Å². The number of nitrogens with zero attached hydrogens (tertiary/aromatic N) is 6. The van der Waals surface area contributed by atoms with Crippen LogP contribution in [0.25, 0.3) is 11.5 Å². The zero-order valence-corrected chi connectivity index (χ0v) is 16.3. The molecular formula is C21H30N6. The molecule has 0 aromatic carbocycles. The van der Waals surface area contributed by atoms with E-state index >= 15 is 0 Å². The third kappa shape index (κ3) is 5.09. The lowest BCUT2D eigenvalue weighted by molar-refractivity contribution is 0.0965. The summed E-state index contributed by atoms with van der Waals surface area (Å²) in [4.78, 5) is 21.0. The fraction of sp³-hybridized carbons (Fsp3) is 0.571. The number of likely N-dealkylation sites (N-methyl/N-ethyl adjacent to an activating group) is 1. The van der Waals surface area contributed by atoms with Gasteiger partial charge in [-0.3, -0.25) is 9.88 Å². The van der Waals surface area contributed by atoms with Gasteiger partial charge in [-0.05, 0) is 44.5 Å². The second-order valence-electron chi connectivity index (χ2n) is 7.98. The number of aromatic nitrogens is 3. The molecule has 4 rings (SSSR count). The van der Waals surface area contributed by atoms with Crippen LogP contribution < -0.4 is 0 Å². The summed E-state index contributed by atoms with van der Waals surface area (Å²) in [6, 6.07) is 5.82. The van der Waals surface area contributed by atoms with Crippen molar-refractivity contribution in [3.05, 3.63) is 42.4 Å². The summed E-state index contributed by atoms with van der Waals surface area (Å²) in [7, 11) is 2.22. The number of hydrogen-bond donors (Lipinski definition) is 0. The number of piperidine rings is 1. The lowest BCUT2D eigenvalue weighted by atomic mass is 9.97. The quantitative estimate of drug-likeness (QED) is 0.807. The van der Waals surface area contributed by atoms with Crippen molar-refractivity contribution in [2.24, 2.45) is 5.92 Å². The molecule has 0 radical (unpaired) electrons. The maximum absolute atomic E-state index is 4.52. The molecule has 2 aliphatic rings. The lowest BCUT2D eigenvalue weighted by Crippen LogP contribution is -2.48. The number of likely N-dealkylation sites (tertiary alicyclic amines) is 1. The van der Waals surface area contributed by atoms with Gasteiger partial charge in [0.2, 0.25) is 0 Å². The molecule has 1 atom stereocenters. The fourth-order valence-electron chi connectivity index (χ4n) is 4.16. The second kappa shape index (κ2) is 8.87. The Hall–Kier alpha value is -1.89. The van der Waals surface area contributed by atoms with Crippen LogP contribution in [0.1, 0.15) is 18.4 Å². The summed E-state index contributed by atoms with van der Waals surface area (Å²) in [5.41, 5.74) is 2.02. The van der Waals surface area contributed by atoms with E-state index in [9.17, 15) is 0 Å². The van der Waals surface area contributed by atoms with Crippen LogP contribution in [0.3, 0.4) is 0 Å². The molecule has 6 nitrogen and oxygen atoms in total. The van der Waals surface area contributed by atoms with Crippen LogP contribution in [0.2, 0.25) is 0 Å². The molecule has 2 aliphatic heterocycles. The Balaban J connectivity index is 1.30. The first-order valence-electron chi connectivity index (χ1n) is 10.1. The molecule has 6 heteroatoms. The van der Waals surface area contributed by atoms with E-state index in [1.54, 1.807) is 6.20 Å². The highest BCUT2D eigenvalue weighted by molar-refractivity contribution is 5.47. The van der Waals surface area contributed by atoms with Gasteiger partial charge in [0.25, 0.3) is 0 Å². The van der Waals surface area contributed by atoms with Crippen molar-refractivity contribution in [1.29, 1.82) is 0 Å². The summed E-state index contributed by atoms with van der Waals surface area (Å²) in [6.45, 7) is 9.41. The summed E-state index contributed by atoms with van der Waals surface area (Å²) < 4.78 is 0. The number of piperazine rings is 1. The van der Waals surface area contributed by atoms with Crippen molar-refractivity contribution in [3.63, 3.8) is 0 Å². The van der Waals surface area contributed by atoms with E-state index < -0.39 is 0 Å². The van der Waals surface area contributed by atoms with E-state index in [0.29, 0.717) is 5.82 Å². The highest BCUT2D eigenvalue weighted by Gasteiger charge is 2.23. The second-order valence-corrected chi connectivity index (χ2v) is 7.98. The average molecular weight is 367 g/mol. The third-order valence-electron chi connectivity index (χ3n) is 5.72. The topological polar surface area (TPSA) is 48.4 Å². The summed E-state index contributed by atoms with van der Waals surface area (Å²) >= 11 is 0. The third-order valence-corrected chi connectivity index (χ3v) is 5.72. The first-order valence-corrected chi connectivity index (χ1v) is 10.1. The van der Waals surface area contributed by atoms with Crippen LogP contribution >= 0.6 is 0 Å². The molecule has 27 heavy (non-hydrogen) atoms. The van der Waals surface area contributed by atoms with Crippen molar-refractivity contribution in [2.75, 3.05) is 52.9 Å². The minimum atomic E-state index is 0.700. The summed E-state index contributed by atoms with van der Waals surface area (Å²) in [5.74, 6) is 1.49. The molecule has 2 saturated heterocycles. The molecule has 0 saturated carbocycles. The van der Waals surface area contributed by atoms with E-state index in [2.05, 4.69) is 36.7 Å². The molecule has 0 aliphatic carbocycles. The van der Waals surface area contributed by atoms with Crippen molar-refractivity contribution < 1.29 is 0 Å². The molecule has 0 N–H and O–H groups in total. The van der Waals surface area contributed by atoms with Gasteiger partial charge in [-0.2, -0.15) is 0 Å². The van der Waals surface area contributed by atoms with Gasteiger partial charge >= 0.3 is 0 Å². The molecule has 1 unspecified atom stereocenters. The monoisotopic (exact) mass is 366 g/mol. The van der Waals surface area contributed by atoms with Gasteiger partial charge < -0.3 is 9.80 Å². The SMILES string of the molecule is CN1CCN(CC2CCCN(Cc3cnc(-c4ccccn4)nc3)C2)CC1. The van der Waals surface area contributed by atoms with Gasteiger partial charge in [-0.1, -0.05) is 6.07 Å². The largest absolute Gasteiger partial charge is 0.304 e. The van der Waals surface area contributed by atoms with Gasteiger partial charge in [0.15, 0.2) is 5.82 Å². The van der Waals surface area contributed by atoms with Gasteiger partial charge in [0.1, 0.15) is 5.69 Å². The van der Waals surface area contributed by atoms with Crippen LogP contribution in [-0.2, 0) is 6.54 Å². The smallest absolute Gasteiger partial charge is 0.178 e. The average Bonchev–Trinajstić information content (AvgIpc) is 2.71. The Morgan fingerprint density at radius 2 is 1.78 bits per heavy atom. The Morgan fingerprint density at radius 1 is 0.963 bits per heavy atom. The Kier molecular flexibility index (Phi) is 6.07. The van der Waals surface area contributed by atoms with E-state index in [1.807, 2.05) is 30.6 Å². The van der Waals surface area contributed by atoms with Crippen LogP contribution in [0.15, 0.2) is 36.8 Å². The highest BCUT2D eigenvalue weighted by atomic mass is 15.2. The first-order chi connectivity index (χ1) is 13.3. The highest BCUT2D eigenvalue weighted by Crippen LogP contribution is 2.20. The first kappa shape index (κ1) is 18.5. The zero-order chi connectivity index (χ0) is 18.5. The van der Waals surface area contributed by atoms with Gasteiger partial charge in [0.05, 0.1) is 0 Å². The fourth-order valence-corrected chi connectivity index (χ4v) is 4.16. The van der Waals surface area contributed by atoms with Crippen LogP contribution in [-0.4, -0.2) is 82.5 Å². The Morgan fingerprint density at radius 3 is 2.52 bits per heavy atom. The predicted octanol–water partition coefficient (Wildman–Crippen LogP) is 2.00. The van der Waals surface area contributed by atoms with Crippen molar-refractivity contribution in [3.8, 4) is 11.5 Å². The molecule has 2 aromatic heterocycles. The predicted molar refractivity (Wildman–Crippen MR) is 107 cm³/mol. The molecule has 0 amide bonds. The minimum absolute atomic E-state index is 0.700. The standard InChI is InChI=1S/C21H30N6/c1-25-9-11-26(12-10-25)15-18-5-4-8-27(16-18)17-19-13-23-21(24-14-19)20-6-2-3-7-22-20/h2-3,6-7,13-14,18H,4-5,8-12,15-17H2,1H3. The summed E-state index contributed by atoms with van der Waals surface area (Å²) in [6.07, 6.45) is 8.35. The number of hydrogen-bond acceptors (Lipinski definition) is 6. The number of pyridine rings is 1. The van der Waals surface area contributed by atoms with Gasteiger partial charge in [-0.15, -0.1) is 0 Å². The Bertz CT molecular complexity index is 696. The van der Waals surface area contributed by atoms with Crippen LogP contribution in [0.4, 0.5) is 0 Å². The van der Waals surface area contributed by atoms with Crippen molar-refractivity contribution in [2.45, 2.75) is 19.4 Å². The molecule has 0 spiro atoms. The minimum Gasteiger partial charge on any atom is -0.304 e. The molecule has 0 bridgehead atoms. The molecule has 4 heterocycles. The van der Waals surface area contributed by atoms with E-state index in [1.165, 1.54) is 64.2 Å². The van der Waals surface area contributed by atoms with E-state index in [0.717, 1.165) is 18.2 Å². The maximum atomic E-state index is 4.52. The zero-order valence-electron chi connectivity index (χ0n) is 16.3. The molecule has 144 valence electrons. The van der Waals surface area contributed by atoms with Crippen LogP contribution in [0.5, 0.6) is 0 Å². The summed E-state index contributed by atoms with van der Waals surface area (Å²) in [5, 5.41) is 0. The normalized spacial score (nSPS) is 22.8. The van der Waals surface area contributed by atoms with Gasteiger partial charge in [-0.25, -0.2) is 9.97 Å². The number of rotatable bonds is 5. The lowest BCUT2D eigenvalue weighted by Gasteiger charge is -2.38. The van der Waals surface area contributed by atoms with Crippen molar-refractivity contribution in [1.82, 2.24) is 29.7 Å². The Labute approximate surface area is 162 Å². The van der Waals surface area contributed by atoms with Crippen LogP contribution in [0, 0.1) is 5.92 Å². The molecule has 2 fully saturated rings. The van der Waals surface area contributed by atoms with Crippen molar-refractivity contribution >= 4 is 0 Å². The van der Waals surface area contributed by atoms with E-state index in [-0.39, 0.29) is 0 Å². The molecule has 2 aromatic rings. The molecular weight excluding hydrogens is 336 g/mol. The maximum Gasteiger partial charge on any atom is 0.178 e.